The van der Waals surface area contributed by atoms with Gasteiger partial charge in [-0.25, -0.2) is 0 Å². The molecule has 3 rings (SSSR count). The highest BCUT2D eigenvalue weighted by Crippen LogP contribution is 2.32. The molecule has 0 radical (unpaired) electrons. The number of rotatable bonds is 9. The van der Waals surface area contributed by atoms with Gasteiger partial charge in [-0.1, -0.05) is 25.1 Å². The van der Waals surface area contributed by atoms with E-state index in [1.165, 1.54) is 5.56 Å². The number of aryl methyl sites for hydroxylation is 1. The van der Waals surface area contributed by atoms with E-state index in [-0.39, 0.29) is 11.9 Å². The molecule has 2 aromatic carbocycles. The van der Waals surface area contributed by atoms with Gasteiger partial charge >= 0.3 is 0 Å². The molecule has 6 heteroatoms. The fourth-order valence-electron chi connectivity index (χ4n) is 3.70. The van der Waals surface area contributed by atoms with E-state index >= 15 is 0 Å². The molecular weight excluding hydrogens is 380 g/mol. The molecule has 1 N–H and O–H groups in total. The van der Waals surface area contributed by atoms with Crippen LogP contribution < -0.4 is 14.8 Å². The smallest absolute Gasteiger partial charge is 0.251 e. The Hall–Kier alpha value is -2.57. The highest BCUT2D eigenvalue weighted by Gasteiger charge is 2.24. The molecule has 1 aliphatic rings. The van der Waals surface area contributed by atoms with Gasteiger partial charge in [-0.3, -0.25) is 9.69 Å². The number of benzene rings is 2. The summed E-state index contributed by atoms with van der Waals surface area (Å²) in [6, 6.07) is 13.8. The first kappa shape index (κ1) is 22.1. The molecule has 1 heterocycles. The van der Waals surface area contributed by atoms with Gasteiger partial charge in [-0.2, -0.15) is 0 Å². The summed E-state index contributed by atoms with van der Waals surface area (Å²) in [6.45, 7) is 8.16. The lowest BCUT2D eigenvalue weighted by Crippen LogP contribution is -2.43. The molecule has 162 valence electrons. The van der Waals surface area contributed by atoms with Crippen LogP contribution in [0.1, 0.15) is 41.4 Å². The Morgan fingerprint density at radius 3 is 2.47 bits per heavy atom. The van der Waals surface area contributed by atoms with Crippen molar-refractivity contribution in [2.75, 3.05) is 46.6 Å². The Morgan fingerprint density at radius 1 is 1.10 bits per heavy atom. The minimum Gasteiger partial charge on any atom is -0.493 e. The molecule has 1 fully saturated rings. The molecule has 1 amide bonds. The molecule has 1 saturated heterocycles. The van der Waals surface area contributed by atoms with Crippen LogP contribution in [-0.4, -0.2) is 57.4 Å². The molecule has 0 spiro atoms. The number of methoxy groups -OCH3 is 1. The van der Waals surface area contributed by atoms with Gasteiger partial charge < -0.3 is 19.5 Å². The summed E-state index contributed by atoms with van der Waals surface area (Å²) in [4.78, 5) is 15.1. The summed E-state index contributed by atoms with van der Waals surface area (Å²) in [5.41, 5.74) is 2.98. The predicted octanol–water partition coefficient (Wildman–Crippen LogP) is 3.46. The summed E-state index contributed by atoms with van der Waals surface area (Å²) in [6.07, 6.45) is 0.959. The van der Waals surface area contributed by atoms with Gasteiger partial charge in [0.2, 0.25) is 0 Å². The van der Waals surface area contributed by atoms with E-state index in [0.717, 1.165) is 30.8 Å². The number of amides is 1. The van der Waals surface area contributed by atoms with Crippen molar-refractivity contribution < 1.29 is 19.0 Å². The van der Waals surface area contributed by atoms with E-state index < -0.39 is 0 Å². The fourth-order valence-corrected chi connectivity index (χ4v) is 3.70. The Labute approximate surface area is 179 Å². The predicted molar refractivity (Wildman–Crippen MR) is 117 cm³/mol. The third kappa shape index (κ3) is 5.52. The van der Waals surface area contributed by atoms with Crippen molar-refractivity contribution in [3.05, 3.63) is 59.2 Å². The third-order valence-corrected chi connectivity index (χ3v) is 5.44. The van der Waals surface area contributed by atoms with Crippen molar-refractivity contribution in [3.63, 3.8) is 0 Å². The third-order valence-electron chi connectivity index (χ3n) is 5.44. The molecular formula is C24H32N2O4. The minimum absolute atomic E-state index is 0.0253. The summed E-state index contributed by atoms with van der Waals surface area (Å²) >= 11 is 0. The SMILES string of the molecule is CCOc1ccc([C@@H](CNC(=O)c2ccc(CC)cc2)N2CCOCC2)cc1OC. The molecule has 0 aromatic heterocycles. The maximum Gasteiger partial charge on any atom is 0.251 e. The fraction of sp³-hybridized carbons (Fsp3) is 0.458. The minimum atomic E-state index is -0.0613. The second-order valence-electron chi connectivity index (χ2n) is 7.27. The van der Waals surface area contributed by atoms with Gasteiger partial charge in [0.1, 0.15) is 0 Å². The van der Waals surface area contributed by atoms with Crippen LogP contribution >= 0.6 is 0 Å². The van der Waals surface area contributed by atoms with Crippen LogP contribution in [0.25, 0.3) is 0 Å². The largest absolute Gasteiger partial charge is 0.493 e. The number of morpholine rings is 1. The molecule has 1 atom stereocenters. The number of hydrogen-bond donors (Lipinski definition) is 1. The van der Waals surface area contributed by atoms with Gasteiger partial charge in [0.05, 0.1) is 33.0 Å². The van der Waals surface area contributed by atoms with Crippen molar-refractivity contribution >= 4 is 5.91 Å². The monoisotopic (exact) mass is 412 g/mol. The highest BCUT2D eigenvalue weighted by molar-refractivity contribution is 5.94. The van der Waals surface area contributed by atoms with Crippen molar-refractivity contribution in [2.24, 2.45) is 0 Å². The van der Waals surface area contributed by atoms with Crippen LogP contribution in [0.3, 0.4) is 0 Å². The van der Waals surface area contributed by atoms with Gasteiger partial charge in [-0.15, -0.1) is 0 Å². The topological polar surface area (TPSA) is 60.0 Å². The van der Waals surface area contributed by atoms with Crippen LogP contribution in [0, 0.1) is 0 Å². The average Bonchev–Trinajstić information content (AvgIpc) is 2.80. The van der Waals surface area contributed by atoms with Gasteiger partial charge in [0.15, 0.2) is 11.5 Å². The number of carbonyl (C=O) groups is 1. The van der Waals surface area contributed by atoms with Crippen molar-refractivity contribution in [1.29, 1.82) is 0 Å². The summed E-state index contributed by atoms with van der Waals surface area (Å²) in [5.74, 6) is 1.37. The summed E-state index contributed by atoms with van der Waals surface area (Å²) < 4.78 is 16.7. The number of ether oxygens (including phenoxy) is 3. The van der Waals surface area contributed by atoms with Gasteiger partial charge in [0.25, 0.3) is 5.91 Å². The lowest BCUT2D eigenvalue weighted by Gasteiger charge is -2.35. The molecule has 0 aliphatic carbocycles. The standard InChI is InChI=1S/C24H32N2O4/c1-4-18-6-8-19(9-7-18)24(27)25-17-21(26-12-14-29-15-13-26)20-10-11-22(30-5-2)23(16-20)28-3/h6-11,16,21H,4-5,12-15,17H2,1-3H3,(H,25,27)/t21-/m1/s1. The Kier molecular flexibility index (Phi) is 8.11. The lowest BCUT2D eigenvalue weighted by atomic mass is 10.0. The van der Waals surface area contributed by atoms with Crippen LogP contribution in [0.15, 0.2) is 42.5 Å². The Balaban J connectivity index is 1.77. The molecule has 0 saturated carbocycles. The molecule has 2 aromatic rings. The lowest BCUT2D eigenvalue weighted by molar-refractivity contribution is 0.0162. The van der Waals surface area contributed by atoms with E-state index in [1.807, 2.05) is 43.3 Å². The van der Waals surface area contributed by atoms with Crippen LogP contribution in [-0.2, 0) is 11.2 Å². The maximum absolute atomic E-state index is 12.7. The maximum atomic E-state index is 12.7. The second-order valence-corrected chi connectivity index (χ2v) is 7.27. The van der Waals surface area contributed by atoms with E-state index in [9.17, 15) is 4.79 Å². The normalized spacial score (nSPS) is 15.4. The van der Waals surface area contributed by atoms with Crippen LogP contribution in [0.4, 0.5) is 0 Å². The number of nitrogens with zero attached hydrogens (tertiary/aromatic N) is 1. The quantitative estimate of drug-likeness (QED) is 0.684. The summed E-state index contributed by atoms with van der Waals surface area (Å²) in [5, 5.41) is 3.12. The molecule has 0 unspecified atom stereocenters. The number of carbonyl (C=O) groups excluding carboxylic acids is 1. The Morgan fingerprint density at radius 2 is 1.83 bits per heavy atom. The highest BCUT2D eigenvalue weighted by atomic mass is 16.5. The molecule has 0 bridgehead atoms. The molecule has 30 heavy (non-hydrogen) atoms. The van der Waals surface area contributed by atoms with E-state index in [4.69, 9.17) is 14.2 Å². The zero-order valence-electron chi connectivity index (χ0n) is 18.1. The first-order valence-electron chi connectivity index (χ1n) is 10.7. The zero-order chi connectivity index (χ0) is 21.3. The average molecular weight is 413 g/mol. The first-order chi connectivity index (χ1) is 14.7. The zero-order valence-corrected chi connectivity index (χ0v) is 18.1. The number of nitrogens with one attached hydrogen (secondary N) is 1. The van der Waals surface area contributed by atoms with Crippen LogP contribution in [0.5, 0.6) is 11.5 Å². The van der Waals surface area contributed by atoms with E-state index in [2.05, 4.69) is 23.2 Å². The van der Waals surface area contributed by atoms with Crippen molar-refractivity contribution in [1.82, 2.24) is 10.2 Å². The Bertz CT molecular complexity index is 816. The van der Waals surface area contributed by atoms with Crippen LogP contribution in [0.2, 0.25) is 0 Å². The second kappa shape index (κ2) is 11.0. The van der Waals surface area contributed by atoms with Gasteiger partial charge in [-0.05, 0) is 48.7 Å². The summed E-state index contributed by atoms with van der Waals surface area (Å²) in [7, 11) is 1.65. The van der Waals surface area contributed by atoms with Crippen molar-refractivity contribution in [3.8, 4) is 11.5 Å². The van der Waals surface area contributed by atoms with E-state index in [0.29, 0.717) is 37.7 Å². The first-order valence-corrected chi connectivity index (χ1v) is 10.7. The van der Waals surface area contributed by atoms with E-state index in [1.54, 1.807) is 7.11 Å². The van der Waals surface area contributed by atoms with Crippen molar-refractivity contribution in [2.45, 2.75) is 26.3 Å². The molecule has 1 aliphatic heterocycles. The van der Waals surface area contributed by atoms with Gasteiger partial charge in [0, 0.05) is 25.2 Å². The number of hydrogen-bond acceptors (Lipinski definition) is 5. The molecule has 6 nitrogen and oxygen atoms in total.